The van der Waals surface area contributed by atoms with Gasteiger partial charge in [0.15, 0.2) is 24.5 Å². The molecule has 240 valence electrons. The zero-order valence-electron chi connectivity index (χ0n) is 24.6. The molecule has 0 aliphatic carbocycles. The first-order valence-electron chi connectivity index (χ1n) is 13.6. The minimum absolute atomic E-state index is 0.00949. The third kappa shape index (κ3) is 10.3. The van der Waals surface area contributed by atoms with Crippen LogP contribution in [0.1, 0.15) is 53.7 Å². The largest absolute Gasteiger partial charge is 0.480 e. The van der Waals surface area contributed by atoms with E-state index < -0.39 is 77.9 Å². The fourth-order valence-electron chi connectivity index (χ4n) is 4.59. The number of rotatable bonds is 15. The van der Waals surface area contributed by atoms with Crippen molar-refractivity contribution in [1.82, 2.24) is 20.2 Å². The molecule has 7 atom stereocenters. The third-order valence-corrected chi connectivity index (χ3v) is 6.25. The van der Waals surface area contributed by atoms with Gasteiger partial charge >= 0.3 is 29.6 Å². The van der Waals surface area contributed by atoms with Gasteiger partial charge in [0.1, 0.15) is 12.1 Å². The lowest BCUT2D eigenvalue weighted by atomic mass is 9.98. The maximum atomic E-state index is 12.6. The van der Waals surface area contributed by atoms with Crippen LogP contribution in [0.5, 0.6) is 0 Å². The second-order valence-corrected chi connectivity index (χ2v) is 10.4. The lowest BCUT2D eigenvalue weighted by Crippen LogP contribution is -2.57. The zero-order valence-corrected chi connectivity index (χ0v) is 24.6. The molecule has 1 aromatic rings. The van der Waals surface area contributed by atoms with E-state index in [1.807, 2.05) is 18.8 Å². The zero-order chi connectivity index (χ0) is 32.4. The summed E-state index contributed by atoms with van der Waals surface area (Å²) in [6.45, 7) is 7.13. The van der Waals surface area contributed by atoms with Crippen LogP contribution in [0.25, 0.3) is 0 Å². The molecular weight excluding hydrogens is 574 g/mol. The quantitative estimate of drug-likeness (QED) is 0.0828. The van der Waals surface area contributed by atoms with E-state index in [1.54, 1.807) is 0 Å². The molecule has 1 saturated heterocycles. The number of carbonyl (C=O) groups is 5. The molecule has 1 fully saturated rings. The standard InChI is InChI=1S/C26H39N5O12/c1-12(2)11-16(27)23(36)29-9-6-8-28-18(25(37)38)19(40-13(3)32)20-21(41-14(4)33)22(42-15(5)34)24(43-20)31-10-7-17(35)30-26(31)39/h7,10,12,16,18-22,24,28H,6,8-9,11,27H2,1-5H3,(H,29,36)(H,37,38)(H,30,35,39)/t16-,18?,19+,20+,21+,22+,24-/m0/s1. The molecule has 17 nitrogen and oxygen atoms in total. The average Bonchev–Trinajstić information content (AvgIpc) is 3.20. The molecule has 2 rings (SSSR count). The van der Waals surface area contributed by atoms with Crippen LogP contribution >= 0.6 is 0 Å². The first-order chi connectivity index (χ1) is 20.1. The predicted octanol–water partition coefficient (Wildman–Crippen LogP) is -1.85. The Morgan fingerprint density at radius 2 is 1.67 bits per heavy atom. The van der Waals surface area contributed by atoms with Crippen LogP contribution in [0.4, 0.5) is 0 Å². The first kappa shape index (κ1) is 35.1. The number of hydrogen-bond donors (Lipinski definition) is 5. The Morgan fingerprint density at radius 3 is 2.21 bits per heavy atom. The van der Waals surface area contributed by atoms with Gasteiger partial charge in [0, 0.05) is 39.6 Å². The van der Waals surface area contributed by atoms with E-state index in [9.17, 15) is 38.7 Å². The maximum absolute atomic E-state index is 12.6. The van der Waals surface area contributed by atoms with E-state index >= 15 is 0 Å². The number of aliphatic carboxylic acids is 1. The van der Waals surface area contributed by atoms with Crippen molar-refractivity contribution in [3.63, 3.8) is 0 Å². The Kier molecular flexibility index (Phi) is 13.0. The van der Waals surface area contributed by atoms with Crippen molar-refractivity contribution in [3.8, 4) is 0 Å². The van der Waals surface area contributed by atoms with Gasteiger partial charge in [-0.1, -0.05) is 13.8 Å². The van der Waals surface area contributed by atoms with Gasteiger partial charge in [0.2, 0.25) is 5.91 Å². The highest BCUT2D eigenvalue weighted by Gasteiger charge is 2.56. The smallest absolute Gasteiger partial charge is 0.330 e. The van der Waals surface area contributed by atoms with Crippen molar-refractivity contribution in [2.75, 3.05) is 13.1 Å². The van der Waals surface area contributed by atoms with Crippen molar-refractivity contribution in [3.05, 3.63) is 33.1 Å². The van der Waals surface area contributed by atoms with Crippen molar-refractivity contribution < 1.29 is 48.0 Å². The molecule has 0 aromatic carbocycles. The summed E-state index contributed by atoms with van der Waals surface area (Å²) < 4.78 is 22.8. The van der Waals surface area contributed by atoms with Gasteiger partial charge in [0.05, 0.1) is 6.04 Å². The molecule has 0 saturated carbocycles. The molecule has 6 N–H and O–H groups in total. The van der Waals surface area contributed by atoms with Crippen LogP contribution in [-0.2, 0) is 42.9 Å². The number of esters is 3. The normalized spacial score (nSPS) is 21.8. The number of aromatic amines is 1. The number of carbonyl (C=O) groups excluding carboxylic acids is 4. The second kappa shape index (κ2) is 15.9. The van der Waals surface area contributed by atoms with Crippen molar-refractivity contribution in [1.29, 1.82) is 0 Å². The number of nitrogens with two attached hydrogens (primary N) is 1. The van der Waals surface area contributed by atoms with Crippen LogP contribution in [0.15, 0.2) is 21.9 Å². The summed E-state index contributed by atoms with van der Waals surface area (Å²) in [4.78, 5) is 87.0. The molecule has 17 heteroatoms. The van der Waals surface area contributed by atoms with Gasteiger partial charge in [-0.15, -0.1) is 0 Å². The number of carboxylic acids is 1. The molecule has 1 amide bonds. The molecule has 43 heavy (non-hydrogen) atoms. The molecule has 0 bridgehead atoms. The molecule has 0 radical (unpaired) electrons. The van der Waals surface area contributed by atoms with Gasteiger partial charge in [-0.25, -0.2) is 4.79 Å². The van der Waals surface area contributed by atoms with Gasteiger partial charge in [-0.3, -0.25) is 38.3 Å². The van der Waals surface area contributed by atoms with Crippen LogP contribution in [0.3, 0.4) is 0 Å². The Bertz CT molecular complexity index is 1280. The molecule has 1 unspecified atom stereocenters. The Labute approximate surface area is 246 Å². The highest BCUT2D eigenvalue weighted by Crippen LogP contribution is 2.36. The van der Waals surface area contributed by atoms with Crippen LogP contribution in [-0.4, -0.2) is 94.0 Å². The number of nitrogens with zero attached hydrogens (tertiary/aromatic N) is 1. The summed E-state index contributed by atoms with van der Waals surface area (Å²) in [6.07, 6.45) is -6.09. The minimum atomic E-state index is -1.69. The predicted molar refractivity (Wildman–Crippen MR) is 146 cm³/mol. The lowest BCUT2D eigenvalue weighted by Gasteiger charge is -2.31. The average molecular weight is 614 g/mol. The summed E-state index contributed by atoms with van der Waals surface area (Å²) in [7, 11) is 0. The number of carboxylic acid groups (broad SMARTS) is 1. The van der Waals surface area contributed by atoms with E-state index in [1.165, 1.54) is 0 Å². The van der Waals surface area contributed by atoms with Crippen LogP contribution in [0, 0.1) is 5.92 Å². The molecule has 1 aliphatic heterocycles. The van der Waals surface area contributed by atoms with Crippen molar-refractivity contribution in [2.24, 2.45) is 11.7 Å². The summed E-state index contributed by atoms with van der Waals surface area (Å²) in [6, 6.07) is -1.36. The van der Waals surface area contributed by atoms with Gasteiger partial charge in [-0.05, 0) is 25.3 Å². The lowest BCUT2D eigenvalue weighted by molar-refractivity contribution is -0.175. The fraction of sp³-hybridized carbons (Fsp3) is 0.654. The molecule has 0 spiro atoms. The maximum Gasteiger partial charge on any atom is 0.330 e. The minimum Gasteiger partial charge on any atom is -0.480 e. The monoisotopic (exact) mass is 613 g/mol. The molecule has 1 aromatic heterocycles. The SMILES string of the molecule is CC(=O)O[C@H]1[C@@H](OC(C)=O)[C@@H](n2ccc(=O)[nH]c2=O)O[C@@H]1[C@H](OC(C)=O)C(NCCCNC(=O)[C@@H](N)CC(C)C)C(=O)O. The second-order valence-electron chi connectivity index (χ2n) is 10.4. The summed E-state index contributed by atoms with van der Waals surface area (Å²) in [5.41, 5.74) is 4.16. The van der Waals surface area contributed by atoms with E-state index in [0.29, 0.717) is 6.42 Å². The van der Waals surface area contributed by atoms with Crippen LogP contribution < -0.4 is 27.6 Å². The van der Waals surface area contributed by atoms with E-state index in [0.717, 1.165) is 37.6 Å². The Morgan fingerprint density at radius 1 is 1.05 bits per heavy atom. The van der Waals surface area contributed by atoms with Gasteiger partial charge < -0.3 is 40.4 Å². The number of amides is 1. The Hall–Kier alpha value is -4.09. The number of H-pyrrole nitrogens is 1. The van der Waals surface area contributed by atoms with Gasteiger partial charge in [0.25, 0.3) is 5.56 Å². The molecule has 1 aliphatic rings. The highest BCUT2D eigenvalue weighted by molar-refractivity contribution is 5.81. The topological polar surface area (TPSA) is 247 Å². The molecule has 2 heterocycles. The van der Waals surface area contributed by atoms with E-state index in [-0.39, 0.29) is 31.3 Å². The van der Waals surface area contributed by atoms with Gasteiger partial charge in [-0.2, -0.15) is 0 Å². The number of nitrogens with one attached hydrogen (secondary N) is 3. The summed E-state index contributed by atoms with van der Waals surface area (Å²) in [5, 5.41) is 15.5. The first-order valence-corrected chi connectivity index (χ1v) is 13.6. The number of aromatic nitrogens is 2. The summed E-state index contributed by atoms with van der Waals surface area (Å²) in [5.74, 6) is -4.27. The number of ether oxygens (including phenoxy) is 4. The number of hydrogen-bond acceptors (Lipinski definition) is 13. The Balaban J connectivity index is 2.36. The fourth-order valence-corrected chi connectivity index (χ4v) is 4.59. The van der Waals surface area contributed by atoms with E-state index in [4.69, 9.17) is 24.7 Å². The summed E-state index contributed by atoms with van der Waals surface area (Å²) >= 11 is 0. The third-order valence-electron chi connectivity index (χ3n) is 6.25. The van der Waals surface area contributed by atoms with Crippen molar-refractivity contribution in [2.45, 2.75) is 90.2 Å². The highest BCUT2D eigenvalue weighted by atomic mass is 16.7. The van der Waals surface area contributed by atoms with E-state index in [2.05, 4.69) is 10.6 Å². The van der Waals surface area contributed by atoms with Crippen molar-refractivity contribution >= 4 is 29.8 Å². The molecular formula is C26H39N5O12. The van der Waals surface area contributed by atoms with Crippen LogP contribution in [0.2, 0.25) is 0 Å².